The molecule has 2 aliphatic rings. The Morgan fingerprint density at radius 3 is 2.38 bits per heavy atom. The van der Waals surface area contributed by atoms with E-state index in [0.29, 0.717) is 55.1 Å². The predicted octanol–water partition coefficient (Wildman–Crippen LogP) is 3.96. The second-order valence-electron chi connectivity index (χ2n) is 10.1. The van der Waals surface area contributed by atoms with Crippen molar-refractivity contribution in [2.75, 3.05) is 32.8 Å². The number of phenolic OH excluding ortho intramolecular Hbond substituents is 2. The number of carbonyl (C=O) groups is 1. The summed E-state index contributed by atoms with van der Waals surface area (Å²) in [7, 11) is 0. The van der Waals surface area contributed by atoms with Crippen LogP contribution in [0.5, 0.6) is 11.5 Å². The third-order valence-electron chi connectivity index (χ3n) is 7.25. The van der Waals surface area contributed by atoms with Gasteiger partial charge < -0.3 is 29.5 Å². The average Bonchev–Trinajstić information content (AvgIpc) is 3.54. The average molecular weight is 533 g/mol. The van der Waals surface area contributed by atoms with Gasteiger partial charge in [-0.25, -0.2) is 0 Å². The highest BCUT2D eigenvalue weighted by molar-refractivity contribution is 6.02. The molecule has 3 N–H and O–H groups in total. The molecule has 0 radical (unpaired) electrons. The van der Waals surface area contributed by atoms with E-state index in [1.165, 1.54) is 6.07 Å². The lowest BCUT2D eigenvalue weighted by atomic mass is 9.93. The molecule has 10 heteroatoms. The zero-order chi connectivity index (χ0) is 27.7. The highest BCUT2D eigenvalue weighted by atomic mass is 16.6. The Morgan fingerprint density at radius 1 is 1.13 bits per heavy atom. The summed E-state index contributed by atoms with van der Waals surface area (Å²) in [6, 6.07) is 12.2. The van der Waals surface area contributed by atoms with Crippen molar-refractivity contribution >= 4 is 5.91 Å². The minimum Gasteiger partial charge on any atom is -0.508 e. The molecule has 3 aromatic rings. The number of aromatic hydroxyl groups is 2. The molecule has 204 valence electrons. The van der Waals surface area contributed by atoms with Gasteiger partial charge in [0.1, 0.15) is 17.5 Å². The fourth-order valence-corrected chi connectivity index (χ4v) is 5.28. The van der Waals surface area contributed by atoms with Gasteiger partial charge in [-0.15, -0.1) is 0 Å². The van der Waals surface area contributed by atoms with E-state index >= 15 is 0 Å². The third-order valence-corrected chi connectivity index (χ3v) is 7.25. The van der Waals surface area contributed by atoms with E-state index in [0.717, 1.165) is 5.56 Å². The predicted molar refractivity (Wildman–Crippen MR) is 142 cm³/mol. The van der Waals surface area contributed by atoms with Crippen molar-refractivity contribution in [3.63, 3.8) is 0 Å². The Bertz CT molecular complexity index is 1380. The number of hydrogen-bond donors (Lipinski definition) is 3. The van der Waals surface area contributed by atoms with Crippen LogP contribution in [-0.2, 0) is 9.47 Å². The van der Waals surface area contributed by atoms with Crippen LogP contribution >= 0.6 is 0 Å². The molecule has 0 saturated carbocycles. The van der Waals surface area contributed by atoms with Gasteiger partial charge in [0.15, 0.2) is 11.5 Å². The fourth-order valence-electron chi connectivity index (χ4n) is 5.28. The first kappa shape index (κ1) is 26.7. The molecule has 0 bridgehead atoms. The SMILES string of the molecule is CCNC(=O)c1noc(-c2cc(C(C)C)c(O)cc2O)c1-c1ccc(C(C#N)N2CC3OCCO[C@H]3C2)cc1. The van der Waals surface area contributed by atoms with Crippen LogP contribution in [0.15, 0.2) is 40.9 Å². The summed E-state index contributed by atoms with van der Waals surface area (Å²) < 4.78 is 17.3. The highest BCUT2D eigenvalue weighted by Gasteiger charge is 2.40. The van der Waals surface area contributed by atoms with Crippen LogP contribution in [0.4, 0.5) is 0 Å². The minimum atomic E-state index is -0.489. The number of fused-ring (bicyclic) bond motifs is 1. The van der Waals surface area contributed by atoms with Crippen molar-refractivity contribution in [2.24, 2.45) is 0 Å². The Kier molecular flexibility index (Phi) is 7.57. The molecule has 2 aliphatic heterocycles. The summed E-state index contributed by atoms with van der Waals surface area (Å²) in [5.41, 5.74) is 2.85. The van der Waals surface area contributed by atoms with Gasteiger partial charge in [-0.2, -0.15) is 5.26 Å². The van der Waals surface area contributed by atoms with Gasteiger partial charge in [-0.05, 0) is 35.6 Å². The standard InChI is InChI=1S/C29H32N4O6/c1-4-31-29(36)27-26(28(39-32-27)20-11-19(16(2)3)22(34)12-23(20)35)18-7-5-17(6-8-18)21(13-30)33-14-24-25(15-33)38-10-9-37-24/h5-8,11-12,16,21,24-25,34-35H,4,9-10,14-15H2,1-3H3,(H,31,36)/t21?,24-,25?/m0/s1. The smallest absolute Gasteiger partial charge is 0.274 e. The number of ether oxygens (including phenoxy) is 2. The summed E-state index contributed by atoms with van der Waals surface area (Å²) in [4.78, 5) is 15.0. The van der Waals surface area contributed by atoms with Gasteiger partial charge in [0.25, 0.3) is 5.91 Å². The molecule has 3 heterocycles. The number of benzene rings is 2. The van der Waals surface area contributed by atoms with Crippen LogP contribution in [0.2, 0.25) is 0 Å². The van der Waals surface area contributed by atoms with Crippen molar-refractivity contribution < 1.29 is 29.0 Å². The Balaban J connectivity index is 1.53. The molecular weight excluding hydrogens is 500 g/mol. The molecule has 2 fully saturated rings. The first-order valence-electron chi connectivity index (χ1n) is 13.1. The number of nitrogens with zero attached hydrogens (tertiary/aromatic N) is 3. The lowest BCUT2D eigenvalue weighted by molar-refractivity contribution is -0.116. The molecule has 0 aliphatic carbocycles. The van der Waals surface area contributed by atoms with E-state index in [-0.39, 0.29) is 41.1 Å². The van der Waals surface area contributed by atoms with Crippen LogP contribution in [0.3, 0.4) is 0 Å². The van der Waals surface area contributed by atoms with E-state index in [4.69, 9.17) is 14.0 Å². The van der Waals surface area contributed by atoms with E-state index in [1.807, 2.05) is 38.1 Å². The molecule has 2 aromatic carbocycles. The van der Waals surface area contributed by atoms with Crippen LogP contribution in [0.1, 0.15) is 54.3 Å². The van der Waals surface area contributed by atoms with E-state index < -0.39 is 11.9 Å². The fraction of sp³-hybridized carbons (Fsp3) is 0.414. The molecule has 39 heavy (non-hydrogen) atoms. The monoisotopic (exact) mass is 532 g/mol. The van der Waals surface area contributed by atoms with Crippen LogP contribution in [0.25, 0.3) is 22.5 Å². The normalized spacial score (nSPS) is 20.0. The van der Waals surface area contributed by atoms with E-state index in [1.54, 1.807) is 13.0 Å². The van der Waals surface area contributed by atoms with Crippen molar-refractivity contribution in [3.8, 4) is 40.0 Å². The lowest BCUT2D eigenvalue weighted by Gasteiger charge is -2.24. The number of carbonyl (C=O) groups excluding carboxylic acids is 1. The Hall–Kier alpha value is -3.91. The summed E-state index contributed by atoms with van der Waals surface area (Å²) >= 11 is 0. The highest BCUT2D eigenvalue weighted by Crippen LogP contribution is 2.43. The van der Waals surface area contributed by atoms with Crippen molar-refractivity contribution in [1.82, 2.24) is 15.4 Å². The molecule has 2 unspecified atom stereocenters. The maximum absolute atomic E-state index is 12.9. The molecule has 3 atom stereocenters. The summed E-state index contributed by atoms with van der Waals surface area (Å²) in [6.07, 6.45) is -0.0800. The van der Waals surface area contributed by atoms with Crippen LogP contribution in [-0.4, -0.2) is 71.2 Å². The Labute approximate surface area is 226 Å². The third kappa shape index (κ3) is 5.08. The minimum absolute atomic E-state index is 0.0222. The quantitative estimate of drug-likeness (QED) is 0.412. The second kappa shape index (κ2) is 11.1. The number of aromatic nitrogens is 1. The first-order valence-corrected chi connectivity index (χ1v) is 13.1. The zero-order valence-electron chi connectivity index (χ0n) is 22.2. The molecular formula is C29H32N4O6. The van der Waals surface area contributed by atoms with Crippen molar-refractivity contribution in [3.05, 3.63) is 53.2 Å². The van der Waals surface area contributed by atoms with E-state index in [2.05, 4.69) is 21.4 Å². The van der Waals surface area contributed by atoms with Gasteiger partial charge >= 0.3 is 0 Å². The maximum atomic E-state index is 12.9. The number of phenols is 2. The van der Waals surface area contributed by atoms with E-state index in [9.17, 15) is 20.3 Å². The van der Waals surface area contributed by atoms with Crippen LogP contribution in [0, 0.1) is 11.3 Å². The second-order valence-corrected chi connectivity index (χ2v) is 10.1. The van der Waals surface area contributed by atoms with Crippen molar-refractivity contribution in [1.29, 1.82) is 5.26 Å². The van der Waals surface area contributed by atoms with Gasteiger partial charge in [0.2, 0.25) is 0 Å². The van der Waals surface area contributed by atoms with Gasteiger partial charge in [-0.3, -0.25) is 9.69 Å². The summed E-state index contributed by atoms with van der Waals surface area (Å²) in [5.74, 6) is -0.453. The number of amides is 1. The maximum Gasteiger partial charge on any atom is 0.274 e. The zero-order valence-corrected chi connectivity index (χ0v) is 22.2. The van der Waals surface area contributed by atoms with Crippen molar-refractivity contribution in [2.45, 2.75) is 44.9 Å². The molecule has 0 spiro atoms. The Morgan fingerprint density at radius 2 is 1.79 bits per heavy atom. The molecule has 5 rings (SSSR count). The number of nitrogens with one attached hydrogen (secondary N) is 1. The number of likely N-dealkylation sites (tertiary alicyclic amines) is 1. The number of nitriles is 1. The number of hydrogen-bond acceptors (Lipinski definition) is 9. The molecule has 1 amide bonds. The first-order chi connectivity index (χ1) is 18.8. The molecule has 10 nitrogen and oxygen atoms in total. The largest absolute Gasteiger partial charge is 0.508 e. The van der Waals surface area contributed by atoms with Gasteiger partial charge in [0, 0.05) is 25.7 Å². The molecule has 2 saturated heterocycles. The van der Waals surface area contributed by atoms with Gasteiger partial charge in [-0.1, -0.05) is 43.3 Å². The lowest BCUT2D eigenvalue weighted by Crippen LogP contribution is -2.36. The number of rotatable bonds is 7. The summed E-state index contributed by atoms with van der Waals surface area (Å²) in [6.45, 7) is 8.40. The topological polar surface area (TPSA) is 141 Å². The molecule has 1 aromatic heterocycles. The van der Waals surface area contributed by atoms with Crippen LogP contribution < -0.4 is 5.32 Å². The summed E-state index contributed by atoms with van der Waals surface area (Å²) in [5, 5.41) is 37.9. The van der Waals surface area contributed by atoms with Gasteiger partial charge in [0.05, 0.1) is 42.6 Å².